The monoisotopic (exact) mass is 888 g/mol. The highest BCUT2D eigenvalue weighted by molar-refractivity contribution is 5.87. The van der Waals surface area contributed by atoms with Crippen molar-refractivity contribution >= 4 is 53.9 Å². The number of benzene rings is 10. The van der Waals surface area contributed by atoms with Gasteiger partial charge in [-0.25, -0.2) is 26.3 Å². The van der Waals surface area contributed by atoms with Crippen molar-refractivity contribution in [3.63, 3.8) is 0 Å². The third-order valence-corrected chi connectivity index (χ3v) is 11.5. The average molecular weight is 889 g/mol. The summed E-state index contributed by atoms with van der Waals surface area (Å²) in [6.45, 7) is 18.6. The van der Waals surface area contributed by atoms with Crippen LogP contribution in [0.3, 0.4) is 0 Å². The van der Waals surface area contributed by atoms with Gasteiger partial charge in [0.05, 0.1) is 5.39 Å². The van der Waals surface area contributed by atoms with Crippen molar-refractivity contribution in [3.05, 3.63) is 236 Å². The molecule has 0 unspecified atom stereocenters. The van der Waals surface area contributed by atoms with Crippen LogP contribution in [0.2, 0.25) is 0 Å². The zero-order valence-corrected chi connectivity index (χ0v) is 39.1. The second-order valence-electron chi connectivity index (χ2n) is 17.3. The molecule has 0 fully saturated rings. The van der Waals surface area contributed by atoms with E-state index < -0.39 is 23.3 Å². The molecule has 0 heterocycles. The Kier molecular flexibility index (Phi) is 15.4. The Morgan fingerprint density at radius 2 is 0.636 bits per heavy atom. The standard InChI is InChI=1S/2C12H10F2.2C12H11F.C12H12/c1-7-5-9-4-3-8(2)12(14)11(9)10(13)6-7;1-7-3-4-10-9(5-7)6-11(13)8(2)12(10)14;1-8-3-6-11-10(7-8)5-4-9(2)12(11)13;1-8-3-4-10-6-9(2)12(13)7-11(10)5-8;1-9-3-5-12-8-10(2)4-6-11(12)7-9/h2*3-6H,1-2H3;2*3-7H,1-2H3;3-8H,1-2H3. The lowest BCUT2D eigenvalue weighted by Gasteiger charge is -2.04. The van der Waals surface area contributed by atoms with Crippen LogP contribution < -0.4 is 0 Å². The highest BCUT2D eigenvalue weighted by atomic mass is 19.2. The molecule has 10 aromatic carbocycles. The first-order valence-electron chi connectivity index (χ1n) is 21.8. The van der Waals surface area contributed by atoms with Gasteiger partial charge < -0.3 is 0 Å². The van der Waals surface area contributed by atoms with Gasteiger partial charge in [-0.1, -0.05) is 149 Å². The van der Waals surface area contributed by atoms with Crippen LogP contribution in [0.25, 0.3) is 53.9 Å². The fourth-order valence-corrected chi connectivity index (χ4v) is 7.68. The van der Waals surface area contributed by atoms with Crippen LogP contribution in [0.5, 0.6) is 0 Å². The van der Waals surface area contributed by atoms with E-state index >= 15 is 0 Å². The molecule has 0 bridgehead atoms. The van der Waals surface area contributed by atoms with Crippen molar-refractivity contribution in [1.82, 2.24) is 0 Å². The maximum atomic E-state index is 13.6. The zero-order valence-electron chi connectivity index (χ0n) is 39.1. The number of fused-ring (bicyclic) bond motifs is 5. The number of hydrogen-bond acceptors (Lipinski definition) is 0. The predicted molar refractivity (Wildman–Crippen MR) is 267 cm³/mol. The molecule has 0 spiro atoms. The number of hydrogen-bond donors (Lipinski definition) is 0. The van der Waals surface area contributed by atoms with Gasteiger partial charge in [-0.15, -0.1) is 0 Å². The number of rotatable bonds is 0. The lowest BCUT2D eigenvalue weighted by atomic mass is 10.0. The van der Waals surface area contributed by atoms with E-state index in [1.54, 1.807) is 64.1 Å². The molecule has 0 saturated carbocycles. The first-order valence-corrected chi connectivity index (χ1v) is 21.8. The second-order valence-corrected chi connectivity index (χ2v) is 17.3. The van der Waals surface area contributed by atoms with Crippen molar-refractivity contribution in [1.29, 1.82) is 0 Å². The summed E-state index contributed by atoms with van der Waals surface area (Å²) in [5.74, 6) is -2.11. The Bertz CT molecular complexity index is 3330. The van der Waals surface area contributed by atoms with Gasteiger partial charge in [-0.2, -0.15) is 0 Å². The molecule has 0 radical (unpaired) electrons. The van der Waals surface area contributed by atoms with E-state index in [1.165, 1.54) is 41.0 Å². The molecule has 10 aromatic rings. The Hall–Kier alpha value is -6.92. The third kappa shape index (κ3) is 11.7. The maximum absolute atomic E-state index is 13.6. The van der Waals surface area contributed by atoms with Crippen LogP contribution in [0.1, 0.15) is 55.6 Å². The van der Waals surface area contributed by atoms with Gasteiger partial charge >= 0.3 is 0 Å². The smallest absolute Gasteiger partial charge is 0.136 e. The zero-order chi connectivity index (χ0) is 48.0. The van der Waals surface area contributed by atoms with Crippen LogP contribution in [-0.2, 0) is 0 Å². The van der Waals surface area contributed by atoms with E-state index in [-0.39, 0.29) is 22.6 Å². The summed E-state index contributed by atoms with van der Waals surface area (Å²) in [6.07, 6.45) is 0. The Labute approximate surface area is 384 Å². The summed E-state index contributed by atoms with van der Waals surface area (Å²) in [7, 11) is 0. The van der Waals surface area contributed by atoms with E-state index in [4.69, 9.17) is 0 Å². The lowest BCUT2D eigenvalue weighted by molar-refractivity contribution is 0.577. The Balaban J connectivity index is 0.000000137. The molecule has 6 heteroatoms. The summed E-state index contributed by atoms with van der Waals surface area (Å²) in [6, 6.07) is 45.4. The molecule has 0 nitrogen and oxygen atoms in total. The molecule has 0 N–H and O–H groups in total. The molecule has 66 heavy (non-hydrogen) atoms. The number of aryl methyl sites for hydroxylation is 9. The van der Waals surface area contributed by atoms with Crippen molar-refractivity contribution in [2.24, 2.45) is 0 Å². The van der Waals surface area contributed by atoms with Crippen LogP contribution in [0.15, 0.2) is 146 Å². The normalized spacial score (nSPS) is 10.7. The first kappa shape index (κ1) is 48.5. The van der Waals surface area contributed by atoms with Crippen LogP contribution in [0.4, 0.5) is 26.3 Å². The van der Waals surface area contributed by atoms with Crippen LogP contribution >= 0.6 is 0 Å². The van der Waals surface area contributed by atoms with E-state index in [9.17, 15) is 26.3 Å². The minimum absolute atomic E-state index is 0.0846. The molecular formula is C60H54F6. The largest absolute Gasteiger partial charge is 0.207 e. The molecule has 10 rings (SSSR count). The van der Waals surface area contributed by atoms with Gasteiger partial charge in [0.15, 0.2) is 0 Å². The van der Waals surface area contributed by atoms with E-state index in [2.05, 4.69) is 50.2 Å². The topological polar surface area (TPSA) is 0 Å². The van der Waals surface area contributed by atoms with Crippen molar-refractivity contribution in [3.8, 4) is 0 Å². The molecule has 0 aliphatic rings. The summed E-state index contributed by atoms with van der Waals surface area (Å²) in [5.41, 5.74) is 8.75. The van der Waals surface area contributed by atoms with Gasteiger partial charge in [-0.3, -0.25) is 0 Å². The molecule has 0 aliphatic heterocycles. The molecule has 0 saturated heterocycles. The summed E-state index contributed by atoms with van der Waals surface area (Å²) in [4.78, 5) is 0. The summed E-state index contributed by atoms with van der Waals surface area (Å²) in [5, 5.41) is 8.24. The first-order chi connectivity index (χ1) is 31.3. The van der Waals surface area contributed by atoms with Crippen molar-refractivity contribution in [2.45, 2.75) is 69.2 Å². The summed E-state index contributed by atoms with van der Waals surface area (Å²) < 4.78 is 80.5. The number of halogens is 6. The minimum Gasteiger partial charge on any atom is -0.207 e. The van der Waals surface area contributed by atoms with Crippen molar-refractivity contribution < 1.29 is 26.3 Å². The van der Waals surface area contributed by atoms with E-state index in [0.717, 1.165) is 38.4 Å². The van der Waals surface area contributed by atoms with Crippen LogP contribution in [0, 0.1) is 104 Å². The molecule has 0 aromatic heterocycles. The second kappa shape index (κ2) is 20.9. The fraction of sp³-hybridized carbons (Fsp3) is 0.167. The van der Waals surface area contributed by atoms with Gasteiger partial charge in [0, 0.05) is 16.3 Å². The highest BCUT2D eigenvalue weighted by Crippen LogP contribution is 2.27. The van der Waals surface area contributed by atoms with Gasteiger partial charge in [0.1, 0.15) is 34.9 Å². The molecule has 0 aliphatic carbocycles. The molecule has 0 amide bonds. The Morgan fingerprint density at radius 3 is 1.20 bits per heavy atom. The third-order valence-electron chi connectivity index (χ3n) is 11.5. The Morgan fingerprint density at radius 1 is 0.242 bits per heavy atom. The highest BCUT2D eigenvalue weighted by Gasteiger charge is 2.11. The van der Waals surface area contributed by atoms with Gasteiger partial charge in [0.25, 0.3) is 0 Å². The van der Waals surface area contributed by atoms with Gasteiger partial charge in [-0.05, 0) is 153 Å². The molecular weight excluding hydrogens is 835 g/mol. The predicted octanol–water partition coefficient (Wildman–Crippen LogP) is 18.1. The fourth-order valence-electron chi connectivity index (χ4n) is 7.68. The van der Waals surface area contributed by atoms with Crippen LogP contribution in [-0.4, -0.2) is 0 Å². The maximum Gasteiger partial charge on any atom is 0.136 e. The van der Waals surface area contributed by atoms with E-state index in [1.807, 2.05) is 81.4 Å². The van der Waals surface area contributed by atoms with Crippen molar-refractivity contribution in [2.75, 3.05) is 0 Å². The summed E-state index contributed by atoms with van der Waals surface area (Å²) >= 11 is 0. The molecule has 336 valence electrons. The quantitative estimate of drug-likeness (QED) is 0.133. The van der Waals surface area contributed by atoms with Gasteiger partial charge in [0.2, 0.25) is 0 Å². The van der Waals surface area contributed by atoms with E-state index in [0.29, 0.717) is 38.2 Å². The average Bonchev–Trinajstić information content (AvgIpc) is 3.27. The lowest BCUT2D eigenvalue weighted by Crippen LogP contribution is -1.90. The molecule has 0 atom stereocenters. The minimum atomic E-state index is -0.486. The SMILES string of the molecule is Cc1cc(F)c2c(F)c(C)ccc2c1.Cc1ccc2c(F)c(C)c(F)cc2c1.Cc1ccc2c(F)c(C)ccc2c1.Cc1ccc2cc(C)c(F)cc2c1.Cc1ccc2cc(C)ccc2c1.